The van der Waals surface area contributed by atoms with Crippen molar-refractivity contribution >= 4 is 62.5 Å². The summed E-state index contributed by atoms with van der Waals surface area (Å²) in [6, 6.07) is 17.1. The first-order valence-electron chi connectivity index (χ1n) is 19.4. The molecule has 0 spiro atoms. The molecule has 5 rings (SSSR count). The van der Waals surface area contributed by atoms with Crippen molar-refractivity contribution in [2.45, 2.75) is 24.5 Å². The quantitative estimate of drug-likeness (QED) is 0.0241. The summed E-state index contributed by atoms with van der Waals surface area (Å²) in [6.07, 6.45) is 7.34. The highest BCUT2D eigenvalue weighted by Crippen LogP contribution is 2.29. The van der Waals surface area contributed by atoms with Crippen LogP contribution in [0.15, 0.2) is 96.4 Å². The number of carbonyl (C=O) groups excluding carboxylic acids is 4. The summed E-state index contributed by atoms with van der Waals surface area (Å²) in [4.78, 5) is 61.9. The Morgan fingerprint density at radius 1 is 0.918 bits per heavy atom. The number of hydroxylamine groups is 1. The number of amides is 4. The molecule has 61 heavy (non-hydrogen) atoms. The van der Waals surface area contributed by atoms with Gasteiger partial charge in [-0.3, -0.25) is 49.5 Å². The highest BCUT2D eigenvalue weighted by Gasteiger charge is 2.19. The number of aromatic nitrogens is 2. The summed E-state index contributed by atoms with van der Waals surface area (Å²) in [6.45, 7) is 5.53. The van der Waals surface area contributed by atoms with E-state index in [1.807, 2.05) is 12.1 Å². The van der Waals surface area contributed by atoms with Crippen LogP contribution >= 0.6 is 11.8 Å². The molecule has 326 valence electrons. The molecule has 7 N–H and O–H groups in total. The number of carbonyl (C=O) groups is 4. The molecule has 1 aliphatic rings. The minimum atomic E-state index is -4.14. The van der Waals surface area contributed by atoms with Crippen molar-refractivity contribution in [3.63, 3.8) is 0 Å². The van der Waals surface area contributed by atoms with Gasteiger partial charge in [0.15, 0.2) is 12.4 Å². The fourth-order valence-corrected chi connectivity index (χ4v) is 7.54. The van der Waals surface area contributed by atoms with Crippen LogP contribution in [0.25, 0.3) is 0 Å². The Labute approximate surface area is 358 Å². The van der Waals surface area contributed by atoms with Crippen molar-refractivity contribution in [3.05, 3.63) is 103 Å². The Balaban J connectivity index is 1.03. The van der Waals surface area contributed by atoms with Crippen LogP contribution in [0.5, 0.6) is 5.75 Å². The maximum atomic E-state index is 13.4. The first-order valence-corrected chi connectivity index (χ1v) is 22.1. The summed E-state index contributed by atoms with van der Waals surface area (Å²) in [5, 5.41) is 8.17. The van der Waals surface area contributed by atoms with Gasteiger partial charge in [-0.15, -0.1) is 0 Å². The van der Waals surface area contributed by atoms with Gasteiger partial charge in [0, 0.05) is 74.4 Å². The largest absolute Gasteiger partial charge is 0.494 e. The molecule has 0 unspecified atom stereocenters. The lowest BCUT2D eigenvalue weighted by Crippen LogP contribution is -2.43. The molecular weight excluding hydrogens is 829 g/mol. The third-order valence-electron chi connectivity index (χ3n) is 8.83. The summed E-state index contributed by atoms with van der Waals surface area (Å²) < 4.78 is 41.5. The molecule has 19 nitrogen and oxygen atoms in total. The number of sulfonamides is 1. The predicted molar refractivity (Wildman–Crippen MR) is 229 cm³/mol. The monoisotopic (exact) mass is 879 g/mol. The molecule has 1 fully saturated rings. The number of rotatable bonds is 23. The summed E-state index contributed by atoms with van der Waals surface area (Å²) in [7, 11) is -2.77. The number of morpholine rings is 1. The number of hydrogen-bond acceptors (Lipinski definition) is 14. The molecule has 0 saturated carbocycles. The predicted octanol–water partition coefficient (Wildman–Crippen LogP) is 1.28. The second kappa shape index (κ2) is 24.4. The number of hydrogen-bond donors (Lipinski definition) is 7. The first-order chi connectivity index (χ1) is 29.6. The summed E-state index contributed by atoms with van der Waals surface area (Å²) >= 11 is 1.66. The Morgan fingerprint density at radius 2 is 1.75 bits per heavy atom. The molecule has 3 heterocycles. The molecule has 1 aliphatic heterocycles. The Kier molecular flexibility index (Phi) is 18.5. The van der Waals surface area contributed by atoms with Crippen molar-refractivity contribution in [2.24, 2.45) is 0 Å². The van der Waals surface area contributed by atoms with E-state index in [9.17, 15) is 27.6 Å². The van der Waals surface area contributed by atoms with Crippen LogP contribution < -0.4 is 46.3 Å². The van der Waals surface area contributed by atoms with Crippen LogP contribution in [0.3, 0.4) is 0 Å². The normalized spacial score (nSPS) is 12.8. The molecule has 2 aromatic heterocycles. The van der Waals surface area contributed by atoms with E-state index in [0.717, 1.165) is 31.0 Å². The van der Waals surface area contributed by atoms with Crippen LogP contribution in [0, 0.1) is 0 Å². The van der Waals surface area contributed by atoms with Gasteiger partial charge >= 0.3 is 11.8 Å². The van der Waals surface area contributed by atoms with E-state index in [0.29, 0.717) is 57.2 Å². The minimum Gasteiger partial charge on any atom is -0.494 e. The van der Waals surface area contributed by atoms with Gasteiger partial charge in [-0.2, -0.15) is 16.3 Å². The third-order valence-corrected chi connectivity index (χ3v) is 11.2. The molecule has 21 heteroatoms. The van der Waals surface area contributed by atoms with Crippen molar-refractivity contribution < 1.29 is 46.5 Å². The van der Waals surface area contributed by atoms with Crippen LogP contribution in [-0.2, 0) is 47.1 Å². The van der Waals surface area contributed by atoms with Crippen molar-refractivity contribution in [1.29, 1.82) is 0 Å². The molecule has 4 aromatic rings. The molecule has 0 bridgehead atoms. The molecule has 4 amide bonds. The Morgan fingerprint density at radius 3 is 2.56 bits per heavy atom. The van der Waals surface area contributed by atoms with E-state index in [2.05, 4.69) is 46.9 Å². The maximum Gasteiger partial charge on any atom is 0.327 e. The fraction of sp³-hybridized carbons (Fsp3) is 0.350. The number of nitrogens with one attached hydrogen (secondary N) is 7. The lowest BCUT2D eigenvalue weighted by Gasteiger charge is -2.26. The topological polar surface area (TPSA) is 234 Å². The third kappa shape index (κ3) is 15.9. The highest BCUT2D eigenvalue weighted by atomic mass is 32.2. The zero-order chi connectivity index (χ0) is 43.3. The van der Waals surface area contributed by atoms with Crippen LogP contribution in [0.1, 0.15) is 22.3 Å². The number of pyridine rings is 2. The average molecular weight is 880 g/mol. The van der Waals surface area contributed by atoms with Gasteiger partial charge in [-0.05, 0) is 61.0 Å². The average Bonchev–Trinajstić information content (AvgIpc) is 3.27. The van der Waals surface area contributed by atoms with Gasteiger partial charge in [0.25, 0.3) is 21.8 Å². The van der Waals surface area contributed by atoms with Crippen LogP contribution in [0.2, 0.25) is 0 Å². The van der Waals surface area contributed by atoms with E-state index in [1.54, 1.807) is 59.3 Å². The molecule has 0 aliphatic carbocycles. The molecule has 0 atom stereocenters. The smallest absolute Gasteiger partial charge is 0.327 e. The zero-order valence-electron chi connectivity index (χ0n) is 33.7. The van der Waals surface area contributed by atoms with E-state index in [4.69, 9.17) is 14.3 Å². The van der Waals surface area contributed by atoms with Crippen molar-refractivity contribution in [2.75, 3.05) is 86.6 Å². The number of thioether (sulfide) groups is 1. The number of methoxy groups -OCH3 is 1. The maximum absolute atomic E-state index is 13.4. The number of ether oxygens (including phenoxy) is 2. The second-order valence-electron chi connectivity index (χ2n) is 13.4. The summed E-state index contributed by atoms with van der Waals surface area (Å²) in [5.41, 5.74) is 9.86. The SMILES string of the molecule is COc1cc(NS(=O)(=O)c2cccc(NC(=O)C[n+]3cccc(C(=O)NCCSCCNOCc4cccnc4)c3)c2)ccc1NNC(=O)C(=O)NCCCN1CCOCC1. The highest BCUT2D eigenvalue weighted by molar-refractivity contribution is 7.99. The fourth-order valence-electron chi connectivity index (χ4n) is 5.77. The van der Waals surface area contributed by atoms with Gasteiger partial charge < -0.3 is 25.4 Å². The van der Waals surface area contributed by atoms with Crippen molar-refractivity contribution in [1.82, 2.24) is 31.4 Å². The van der Waals surface area contributed by atoms with Crippen LogP contribution in [-0.4, -0.2) is 113 Å². The van der Waals surface area contributed by atoms with E-state index in [-0.39, 0.29) is 40.2 Å². The van der Waals surface area contributed by atoms with Gasteiger partial charge in [0.05, 0.1) is 43.2 Å². The second-order valence-corrected chi connectivity index (χ2v) is 16.3. The zero-order valence-corrected chi connectivity index (χ0v) is 35.3. The number of hydrazine groups is 1. The number of nitrogens with zero attached hydrogens (tertiary/aromatic N) is 3. The van der Waals surface area contributed by atoms with E-state index < -0.39 is 27.7 Å². The number of anilines is 3. The standard InChI is InChI=1S/C40H50N10O9S2/c1-57-36-25-33(10-11-35(36)46-47-40(54)39(53)42-13-5-17-49-18-20-58-21-19-49)48-61(55,56)34-9-2-8-32(24-34)45-37(51)28-50-16-4-7-31(27-50)38(52)43-14-22-60-23-15-44-59-29-30-6-3-12-41-26-30/h2-4,6-12,16,24-27,44H,5,13-15,17-23,28-29H2,1H3,(H5-,42,43,45,46,47,48,51,52,53,54)/p+1. The summed E-state index contributed by atoms with van der Waals surface area (Å²) in [5.74, 6) is -0.773. The first kappa shape index (κ1) is 46.2. The lowest BCUT2D eigenvalue weighted by molar-refractivity contribution is -0.684. The van der Waals surface area contributed by atoms with Crippen LogP contribution in [0.4, 0.5) is 17.1 Å². The molecule has 0 radical (unpaired) electrons. The molecule has 2 aromatic carbocycles. The molecular formula is C40H51N10O9S2+. The van der Waals surface area contributed by atoms with Gasteiger partial charge in [-0.25, -0.2) is 13.9 Å². The van der Waals surface area contributed by atoms with Crippen molar-refractivity contribution in [3.8, 4) is 5.75 Å². The van der Waals surface area contributed by atoms with E-state index >= 15 is 0 Å². The Hall–Kier alpha value is -5.84. The number of benzene rings is 2. The Bertz CT molecular complexity index is 2180. The van der Waals surface area contributed by atoms with Gasteiger partial charge in [0.1, 0.15) is 11.3 Å². The minimum absolute atomic E-state index is 0.121. The van der Waals surface area contributed by atoms with Gasteiger partial charge in [-0.1, -0.05) is 12.1 Å². The van der Waals surface area contributed by atoms with Gasteiger partial charge in [0.2, 0.25) is 6.54 Å². The van der Waals surface area contributed by atoms with E-state index in [1.165, 1.54) is 43.5 Å². The lowest BCUT2D eigenvalue weighted by atomic mass is 10.2. The molecule has 1 saturated heterocycles.